The Bertz CT molecular complexity index is 1080. The van der Waals surface area contributed by atoms with Gasteiger partial charge in [-0.2, -0.15) is 4.98 Å². The number of para-hydroxylation sites is 2. The lowest BCUT2D eigenvalue weighted by Crippen LogP contribution is -2.26. The van der Waals surface area contributed by atoms with Crippen LogP contribution in [-0.4, -0.2) is 16.0 Å². The minimum Gasteiger partial charge on any atom is -0.485 e. The standard InChI is InChI=1S/C21H19N3O4/c1-13(19-11-15-7-3-5-9-17(15)27-19)22-21(25)16-8-4-6-10-18(16)26-12-20-23-14(2)28-24-20/h3-11,13H,12H2,1-2H3,(H,22,25)/t13-/m0/s1. The van der Waals surface area contributed by atoms with E-state index in [1.165, 1.54) is 0 Å². The van der Waals surface area contributed by atoms with E-state index in [2.05, 4.69) is 15.5 Å². The molecule has 7 nitrogen and oxygen atoms in total. The third-order valence-corrected chi connectivity index (χ3v) is 4.28. The van der Waals surface area contributed by atoms with Gasteiger partial charge in [0.15, 0.2) is 6.61 Å². The smallest absolute Gasteiger partial charge is 0.255 e. The van der Waals surface area contributed by atoms with E-state index in [1.54, 1.807) is 31.2 Å². The van der Waals surface area contributed by atoms with Gasteiger partial charge in [0.2, 0.25) is 11.7 Å². The van der Waals surface area contributed by atoms with Crippen LogP contribution in [0.25, 0.3) is 11.0 Å². The van der Waals surface area contributed by atoms with Crippen LogP contribution >= 0.6 is 0 Å². The third-order valence-electron chi connectivity index (χ3n) is 4.28. The number of nitrogens with zero attached hydrogens (tertiary/aromatic N) is 2. The first kappa shape index (κ1) is 17.8. The summed E-state index contributed by atoms with van der Waals surface area (Å²) in [7, 11) is 0. The predicted octanol–water partition coefficient (Wildman–Crippen LogP) is 4.19. The highest BCUT2D eigenvalue weighted by atomic mass is 16.5. The Labute approximate surface area is 161 Å². The van der Waals surface area contributed by atoms with Crippen LogP contribution in [0, 0.1) is 6.92 Å². The number of ether oxygens (including phenoxy) is 1. The highest BCUT2D eigenvalue weighted by molar-refractivity contribution is 5.97. The lowest BCUT2D eigenvalue weighted by Gasteiger charge is -2.14. The third kappa shape index (κ3) is 3.73. The molecule has 0 unspecified atom stereocenters. The van der Waals surface area contributed by atoms with Gasteiger partial charge in [-0.1, -0.05) is 35.5 Å². The number of nitrogens with one attached hydrogen (secondary N) is 1. The van der Waals surface area contributed by atoms with Crippen LogP contribution in [0.5, 0.6) is 5.75 Å². The molecular weight excluding hydrogens is 358 g/mol. The molecule has 1 atom stereocenters. The maximum atomic E-state index is 12.8. The number of aromatic nitrogens is 2. The number of rotatable bonds is 6. The summed E-state index contributed by atoms with van der Waals surface area (Å²) < 4.78 is 16.5. The highest BCUT2D eigenvalue weighted by Crippen LogP contribution is 2.25. The molecule has 0 saturated heterocycles. The zero-order valence-electron chi connectivity index (χ0n) is 15.5. The largest absolute Gasteiger partial charge is 0.485 e. The van der Waals surface area contributed by atoms with Gasteiger partial charge in [0.25, 0.3) is 5.91 Å². The van der Waals surface area contributed by atoms with Gasteiger partial charge in [0.05, 0.1) is 11.6 Å². The van der Waals surface area contributed by atoms with Crippen LogP contribution < -0.4 is 10.1 Å². The second-order valence-electron chi connectivity index (χ2n) is 6.40. The number of benzene rings is 2. The summed E-state index contributed by atoms with van der Waals surface area (Å²) in [6.45, 7) is 3.69. The maximum Gasteiger partial charge on any atom is 0.255 e. The van der Waals surface area contributed by atoms with Crippen molar-refractivity contribution >= 4 is 16.9 Å². The van der Waals surface area contributed by atoms with E-state index in [4.69, 9.17) is 13.7 Å². The van der Waals surface area contributed by atoms with Gasteiger partial charge in [-0.05, 0) is 31.2 Å². The average molecular weight is 377 g/mol. The minimum absolute atomic E-state index is 0.112. The average Bonchev–Trinajstić information content (AvgIpc) is 3.32. The normalized spacial score (nSPS) is 12.1. The fourth-order valence-corrected chi connectivity index (χ4v) is 2.88. The maximum absolute atomic E-state index is 12.8. The summed E-state index contributed by atoms with van der Waals surface area (Å²) >= 11 is 0. The van der Waals surface area contributed by atoms with Crippen LogP contribution in [0.1, 0.15) is 40.8 Å². The van der Waals surface area contributed by atoms with Crippen LogP contribution in [-0.2, 0) is 6.61 Å². The number of furan rings is 1. The molecule has 0 aliphatic heterocycles. The van der Waals surface area contributed by atoms with Crippen molar-refractivity contribution in [3.63, 3.8) is 0 Å². The van der Waals surface area contributed by atoms with Crippen molar-refractivity contribution in [2.75, 3.05) is 0 Å². The van der Waals surface area contributed by atoms with Crippen molar-refractivity contribution in [1.29, 1.82) is 0 Å². The van der Waals surface area contributed by atoms with Gasteiger partial charge in [-0.15, -0.1) is 0 Å². The fraction of sp³-hybridized carbons (Fsp3) is 0.190. The Kier molecular flexibility index (Phi) is 4.80. The van der Waals surface area contributed by atoms with Crippen LogP contribution in [0.2, 0.25) is 0 Å². The Morgan fingerprint density at radius 1 is 1.18 bits per heavy atom. The number of hydrogen-bond donors (Lipinski definition) is 1. The molecule has 4 aromatic rings. The van der Waals surface area contributed by atoms with E-state index in [9.17, 15) is 4.79 Å². The number of aryl methyl sites for hydroxylation is 1. The van der Waals surface area contributed by atoms with Crippen molar-refractivity contribution in [3.8, 4) is 5.75 Å². The Balaban J connectivity index is 1.48. The molecule has 1 amide bonds. The Morgan fingerprint density at radius 2 is 1.96 bits per heavy atom. The lowest BCUT2D eigenvalue weighted by molar-refractivity contribution is 0.0931. The molecular formula is C21H19N3O4. The molecule has 2 aromatic heterocycles. The molecule has 4 rings (SSSR count). The number of carbonyl (C=O) groups is 1. The van der Waals surface area contributed by atoms with Crippen molar-refractivity contribution < 1.29 is 18.5 Å². The minimum atomic E-state index is -0.298. The molecule has 0 radical (unpaired) electrons. The summed E-state index contributed by atoms with van der Waals surface area (Å²) in [6.07, 6.45) is 0. The van der Waals surface area contributed by atoms with Crippen LogP contribution in [0.15, 0.2) is 63.5 Å². The molecule has 0 bridgehead atoms. The summed E-state index contributed by atoms with van der Waals surface area (Å²) in [5.41, 5.74) is 1.21. The molecule has 142 valence electrons. The van der Waals surface area contributed by atoms with E-state index in [0.29, 0.717) is 28.8 Å². The van der Waals surface area contributed by atoms with Crippen molar-refractivity contribution in [1.82, 2.24) is 15.5 Å². The van der Waals surface area contributed by atoms with Gasteiger partial charge in [0, 0.05) is 12.3 Å². The molecule has 2 aromatic carbocycles. The number of fused-ring (bicyclic) bond motifs is 1. The zero-order chi connectivity index (χ0) is 19.5. The Hall–Kier alpha value is -3.61. The number of carbonyl (C=O) groups excluding carboxylic acids is 1. The zero-order valence-corrected chi connectivity index (χ0v) is 15.5. The lowest BCUT2D eigenvalue weighted by atomic mass is 10.1. The summed E-state index contributed by atoms with van der Waals surface area (Å²) in [5.74, 6) is 1.76. The van der Waals surface area contributed by atoms with E-state index < -0.39 is 0 Å². The molecule has 0 aliphatic rings. The van der Waals surface area contributed by atoms with E-state index >= 15 is 0 Å². The molecule has 0 aliphatic carbocycles. The SMILES string of the molecule is Cc1nc(COc2ccccc2C(=O)N[C@@H](C)c2cc3ccccc3o2)no1. The molecule has 0 saturated carbocycles. The second-order valence-corrected chi connectivity index (χ2v) is 6.40. The van der Waals surface area contributed by atoms with Crippen LogP contribution in [0.3, 0.4) is 0 Å². The second kappa shape index (κ2) is 7.56. The highest BCUT2D eigenvalue weighted by Gasteiger charge is 2.18. The van der Waals surface area contributed by atoms with E-state index in [-0.39, 0.29) is 18.6 Å². The first-order chi connectivity index (χ1) is 13.6. The van der Waals surface area contributed by atoms with E-state index in [0.717, 1.165) is 11.0 Å². The molecule has 0 spiro atoms. The fourth-order valence-electron chi connectivity index (χ4n) is 2.88. The number of amides is 1. The summed E-state index contributed by atoms with van der Waals surface area (Å²) in [4.78, 5) is 16.9. The van der Waals surface area contributed by atoms with Gasteiger partial charge < -0.3 is 19.0 Å². The summed E-state index contributed by atoms with van der Waals surface area (Å²) in [6, 6.07) is 16.4. The predicted molar refractivity (Wildman–Crippen MR) is 102 cm³/mol. The van der Waals surface area contributed by atoms with Gasteiger partial charge in [-0.25, -0.2) is 0 Å². The molecule has 28 heavy (non-hydrogen) atoms. The van der Waals surface area contributed by atoms with E-state index in [1.807, 2.05) is 37.3 Å². The van der Waals surface area contributed by atoms with Gasteiger partial charge >= 0.3 is 0 Å². The number of hydrogen-bond acceptors (Lipinski definition) is 6. The van der Waals surface area contributed by atoms with Crippen molar-refractivity contribution in [2.45, 2.75) is 26.5 Å². The summed E-state index contributed by atoms with van der Waals surface area (Å²) in [5, 5.41) is 7.74. The monoisotopic (exact) mass is 377 g/mol. The quantitative estimate of drug-likeness (QED) is 0.542. The van der Waals surface area contributed by atoms with Gasteiger partial charge in [0.1, 0.15) is 17.1 Å². The molecule has 0 fully saturated rings. The van der Waals surface area contributed by atoms with Crippen molar-refractivity contribution in [3.05, 3.63) is 77.6 Å². The van der Waals surface area contributed by atoms with Crippen molar-refractivity contribution in [2.24, 2.45) is 0 Å². The first-order valence-corrected chi connectivity index (χ1v) is 8.90. The van der Waals surface area contributed by atoms with Crippen LogP contribution in [0.4, 0.5) is 0 Å². The topological polar surface area (TPSA) is 90.4 Å². The molecule has 1 N–H and O–H groups in total. The van der Waals surface area contributed by atoms with Gasteiger partial charge in [-0.3, -0.25) is 4.79 Å². The molecule has 2 heterocycles. The Morgan fingerprint density at radius 3 is 2.75 bits per heavy atom. The first-order valence-electron chi connectivity index (χ1n) is 8.90. The molecule has 7 heteroatoms.